The van der Waals surface area contributed by atoms with Crippen LogP contribution in [0, 0.1) is 5.92 Å². The molecular formula is C14H24N2O3. The average Bonchev–Trinajstić information content (AvgIpc) is 2.92. The largest absolute Gasteiger partial charge is 0.378 e. The summed E-state index contributed by atoms with van der Waals surface area (Å²) in [5.41, 5.74) is 0. The molecule has 108 valence electrons. The minimum absolute atomic E-state index is 0.0695. The first-order valence-electron chi connectivity index (χ1n) is 7.31. The van der Waals surface area contributed by atoms with Crippen LogP contribution in [-0.2, 0) is 14.3 Å². The average molecular weight is 268 g/mol. The molecule has 0 aromatic rings. The lowest BCUT2D eigenvalue weighted by molar-refractivity contribution is -0.133. The minimum atomic E-state index is 0.0695. The van der Waals surface area contributed by atoms with Gasteiger partial charge in [-0.05, 0) is 32.1 Å². The molecule has 0 aromatic carbocycles. The van der Waals surface area contributed by atoms with Crippen LogP contribution in [0.4, 0.5) is 0 Å². The van der Waals surface area contributed by atoms with E-state index in [4.69, 9.17) is 4.74 Å². The summed E-state index contributed by atoms with van der Waals surface area (Å²) in [5.74, 6) is 0.318. The Morgan fingerprint density at radius 2 is 2.00 bits per heavy atom. The molecule has 1 N–H and O–H groups in total. The van der Waals surface area contributed by atoms with Gasteiger partial charge in [-0.15, -0.1) is 0 Å². The molecule has 0 radical (unpaired) electrons. The fraction of sp³-hybridized carbons (Fsp3) is 0.857. The van der Waals surface area contributed by atoms with Crippen molar-refractivity contribution in [1.82, 2.24) is 10.2 Å². The summed E-state index contributed by atoms with van der Waals surface area (Å²) in [4.78, 5) is 25.0. The van der Waals surface area contributed by atoms with Crippen molar-refractivity contribution in [1.29, 1.82) is 0 Å². The number of likely N-dealkylation sites (tertiary alicyclic amines) is 1. The van der Waals surface area contributed by atoms with E-state index in [-0.39, 0.29) is 17.7 Å². The Bertz CT molecular complexity index is 319. The second-order valence-electron chi connectivity index (χ2n) is 5.50. The van der Waals surface area contributed by atoms with Crippen LogP contribution in [0.25, 0.3) is 0 Å². The van der Waals surface area contributed by atoms with Crippen LogP contribution in [0.2, 0.25) is 0 Å². The molecule has 2 aliphatic rings. The third kappa shape index (κ3) is 4.20. The molecular weight excluding hydrogens is 244 g/mol. The van der Waals surface area contributed by atoms with Gasteiger partial charge in [0.2, 0.25) is 11.8 Å². The fourth-order valence-electron chi connectivity index (χ4n) is 2.83. The molecule has 0 bridgehead atoms. The van der Waals surface area contributed by atoms with Gasteiger partial charge in [0.1, 0.15) is 0 Å². The van der Waals surface area contributed by atoms with E-state index in [0.717, 1.165) is 38.7 Å². The summed E-state index contributed by atoms with van der Waals surface area (Å²) < 4.78 is 5.53. The lowest BCUT2D eigenvalue weighted by Gasteiger charge is -2.30. The standard InChI is InChI=1S/C14H24N2O3/c1-11(17)16-8-5-12(6-9-16)14(18)15-7-4-13-3-2-10-19-13/h12-13H,2-10H2,1H3,(H,15,18). The first-order chi connectivity index (χ1) is 9.16. The van der Waals surface area contributed by atoms with Crippen molar-refractivity contribution in [2.24, 2.45) is 5.92 Å². The van der Waals surface area contributed by atoms with E-state index in [1.165, 1.54) is 0 Å². The van der Waals surface area contributed by atoms with Gasteiger partial charge in [-0.2, -0.15) is 0 Å². The Balaban J connectivity index is 1.62. The Morgan fingerprint density at radius 1 is 1.26 bits per heavy atom. The quantitative estimate of drug-likeness (QED) is 0.825. The van der Waals surface area contributed by atoms with Gasteiger partial charge < -0.3 is 15.0 Å². The van der Waals surface area contributed by atoms with Crippen LogP contribution in [0.15, 0.2) is 0 Å². The van der Waals surface area contributed by atoms with Gasteiger partial charge in [-0.1, -0.05) is 0 Å². The lowest BCUT2D eigenvalue weighted by Crippen LogP contribution is -2.42. The van der Waals surface area contributed by atoms with Gasteiger partial charge in [0, 0.05) is 39.1 Å². The molecule has 2 saturated heterocycles. The summed E-state index contributed by atoms with van der Waals surface area (Å²) in [6.45, 7) is 4.57. The van der Waals surface area contributed by atoms with E-state index in [9.17, 15) is 9.59 Å². The maximum absolute atomic E-state index is 12.0. The van der Waals surface area contributed by atoms with Crippen molar-refractivity contribution < 1.29 is 14.3 Å². The molecule has 5 heteroatoms. The van der Waals surface area contributed by atoms with Crippen LogP contribution in [-0.4, -0.2) is 49.1 Å². The molecule has 0 spiro atoms. The number of ether oxygens (including phenoxy) is 1. The van der Waals surface area contributed by atoms with Crippen molar-refractivity contribution in [2.75, 3.05) is 26.2 Å². The van der Waals surface area contributed by atoms with Gasteiger partial charge in [0.05, 0.1) is 6.10 Å². The monoisotopic (exact) mass is 268 g/mol. The second-order valence-corrected chi connectivity index (χ2v) is 5.50. The topological polar surface area (TPSA) is 58.6 Å². The molecule has 2 fully saturated rings. The van der Waals surface area contributed by atoms with Crippen molar-refractivity contribution in [3.8, 4) is 0 Å². The molecule has 19 heavy (non-hydrogen) atoms. The molecule has 2 rings (SSSR count). The molecule has 0 saturated carbocycles. The van der Waals surface area contributed by atoms with Crippen molar-refractivity contribution >= 4 is 11.8 Å². The van der Waals surface area contributed by atoms with E-state index in [0.29, 0.717) is 25.7 Å². The highest BCUT2D eigenvalue weighted by Crippen LogP contribution is 2.18. The minimum Gasteiger partial charge on any atom is -0.378 e. The van der Waals surface area contributed by atoms with E-state index in [2.05, 4.69) is 5.32 Å². The van der Waals surface area contributed by atoms with Gasteiger partial charge >= 0.3 is 0 Å². The highest BCUT2D eigenvalue weighted by Gasteiger charge is 2.26. The van der Waals surface area contributed by atoms with Crippen LogP contribution < -0.4 is 5.32 Å². The number of rotatable bonds is 4. The lowest BCUT2D eigenvalue weighted by atomic mass is 9.96. The number of hydrogen-bond donors (Lipinski definition) is 1. The van der Waals surface area contributed by atoms with Gasteiger partial charge in [0.25, 0.3) is 0 Å². The SMILES string of the molecule is CC(=O)N1CCC(C(=O)NCCC2CCCO2)CC1. The number of nitrogens with zero attached hydrogens (tertiary/aromatic N) is 1. The molecule has 2 aliphatic heterocycles. The Hall–Kier alpha value is -1.10. The number of carbonyl (C=O) groups excluding carboxylic acids is 2. The summed E-state index contributed by atoms with van der Waals surface area (Å²) in [5, 5.41) is 3.00. The van der Waals surface area contributed by atoms with Crippen LogP contribution in [0.3, 0.4) is 0 Å². The number of nitrogens with one attached hydrogen (secondary N) is 1. The predicted molar refractivity (Wildman–Crippen MR) is 71.6 cm³/mol. The Kier molecular flexibility index (Phi) is 5.19. The summed E-state index contributed by atoms with van der Waals surface area (Å²) in [6.07, 6.45) is 5.07. The van der Waals surface area contributed by atoms with Crippen molar-refractivity contribution in [2.45, 2.75) is 45.1 Å². The van der Waals surface area contributed by atoms with Crippen molar-refractivity contribution in [3.05, 3.63) is 0 Å². The fourth-order valence-corrected chi connectivity index (χ4v) is 2.83. The number of carbonyl (C=O) groups is 2. The summed E-state index contributed by atoms with van der Waals surface area (Å²) >= 11 is 0. The molecule has 0 aromatic heterocycles. The third-order valence-corrected chi connectivity index (χ3v) is 4.10. The zero-order valence-corrected chi connectivity index (χ0v) is 11.7. The van der Waals surface area contributed by atoms with Crippen molar-refractivity contribution in [3.63, 3.8) is 0 Å². The second kappa shape index (κ2) is 6.89. The molecule has 5 nitrogen and oxygen atoms in total. The highest BCUT2D eigenvalue weighted by atomic mass is 16.5. The van der Waals surface area contributed by atoms with Gasteiger partial charge in [-0.25, -0.2) is 0 Å². The molecule has 2 amide bonds. The highest BCUT2D eigenvalue weighted by molar-refractivity contribution is 5.79. The van der Waals surface area contributed by atoms with Gasteiger partial charge in [-0.3, -0.25) is 9.59 Å². The molecule has 1 atom stereocenters. The zero-order valence-electron chi connectivity index (χ0n) is 11.7. The summed E-state index contributed by atoms with van der Waals surface area (Å²) in [7, 11) is 0. The Morgan fingerprint density at radius 3 is 2.58 bits per heavy atom. The zero-order chi connectivity index (χ0) is 13.7. The number of piperidine rings is 1. The van der Waals surface area contributed by atoms with E-state index >= 15 is 0 Å². The molecule has 2 heterocycles. The number of hydrogen-bond acceptors (Lipinski definition) is 3. The smallest absolute Gasteiger partial charge is 0.223 e. The first kappa shape index (κ1) is 14.3. The Labute approximate surface area is 114 Å². The van der Waals surface area contributed by atoms with Gasteiger partial charge in [0.15, 0.2) is 0 Å². The molecule has 1 unspecified atom stereocenters. The number of amides is 2. The van der Waals surface area contributed by atoms with Crippen LogP contribution in [0.1, 0.15) is 39.0 Å². The third-order valence-electron chi connectivity index (χ3n) is 4.10. The normalized spacial score (nSPS) is 24.5. The maximum Gasteiger partial charge on any atom is 0.223 e. The first-order valence-corrected chi connectivity index (χ1v) is 7.31. The maximum atomic E-state index is 12.0. The van der Waals surface area contributed by atoms with E-state index in [1.807, 2.05) is 4.90 Å². The summed E-state index contributed by atoms with van der Waals surface area (Å²) in [6, 6.07) is 0. The van der Waals surface area contributed by atoms with E-state index in [1.54, 1.807) is 6.92 Å². The van der Waals surface area contributed by atoms with E-state index < -0.39 is 0 Å². The predicted octanol–water partition coefficient (Wildman–Crippen LogP) is 0.930. The van der Waals surface area contributed by atoms with Crippen LogP contribution in [0.5, 0.6) is 0 Å². The van der Waals surface area contributed by atoms with Crippen LogP contribution >= 0.6 is 0 Å². The molecule has 0 aliphatic carbocycles.